The average molecular weight is 276 g/mol. The molecule has 0 spiro atoms. The van der Waals surface area contributed by atoms with E-state index in [2.05, 4.69) is 12.2 Å². The van der Waals surface area contributed by atoms with Gasteiger partial charge in [-0.3, -0.25) is 0 Å². The number of nitrogens with one attached hydrogen (secondary N) is 1. The monoisotopic (exact) mass is 276 g/mol. The second-order valence-electron chi connectivity index (χ2n) is 4.36. The maximum absolute atomic E-state index is 12.0. The van der Waals surface area contributed by atoms with Crippen molar-refractivity contribution in [1.29, 1.82) is 0 Å². The molecule has 1 heterocycles. The quantitative estimate of drug-likeness (QED) is 0.689. The van der Waals surface area contributed by atoms with Crippen LogP contribution in [0.3, 0.4) is 0 Å². The van der Waals surface area contributed by atoms with Gasteiger partial charge in [-0.15, -0.1) is 0 Å². The van der Waals surface area contributed by atoms with E-state index in [4.69, 9.17) is 10.2 Å². The standard InChI is InChI=1S/C11H20N2O4S/c1-7-8(2)18-6-4-13(7)11(17)12-9(3-5-14)10(15)16/h7-9,14H,3-6H2,1-2H3,(H,12,17)(H,15,16). The molecule has 104 valence electrons. The van der Waals surface area contributed by atoms with Crippen LogP contribution in [0, 0.1) is 0 Å². The van der Waals surface area contributed by atoms with E-state index in [1.807, 2.05) is 6.92 Å². The second-order valence-corrected chi connectivity index (χ2v) is 5.85. The fourth-order valence-electron chi connectivity index (χ4n) is 1.84. The number of carboxylic acid groups (broad SMARTS) is 1. The van der Waals surface area contributed by atoms with Crippen molar-refractivity contribution in [2.45, 2.75) is 37.6 Å². The highest BCUT2D eigenvalue weighted by molar-refractivity contribution is 8.00. The highest BCUT2D eigenvalue weighted by Gasteiger charge is 2.31. The molecule has 0 aromatic rings. The van der Waals surface area contributed by atoms with Crippen molar-refractivity contribution in [3.05, 3.63) is 0 Å². The zero-order valence-electron chi connectivity index (χ0n) is 10.6. The average Bonchev–Trinajstić information content (AvgIpc) is 2.31. The zero-order valence-corrected chi connectivity index (χ0v) is 11.4. The molecule has 18 heavy (non-hydrogen) atoms. The smallest absolute Gasteiger partial charge is 0.326 e. The maximum Gasteiger partial charge on any atom is 0.326 e. The molecule has 0 saturated carbocycles. The summed E-state index contributed by atoms with van der Waals surface area (Å²) < 4.78 is 0. The Bertz CT molecular complexity index is 313. The minimum absolute atomic E-state index is 0.0214. The lowest BCUT2D eigenvalue weighted by Gasteiger charge is -2.37. The fourth-order valence-corrected chi connectivity index (χ4v) is 2.94. The summed E-state index contributed by atoms with van der Waals surface area (Å²) in [5.74, 6) is -0.263. The van der Waals surface area contributed by atoms with E-state index in [-0.39, 0.29) is 25.1 Å². The largest absolute Gasteiger partial charge is 0.480 e. The molecule has 3 atom stereocenters. The Morgan fingerprint density at radius 2 is 2.17 bits per heavy atom. The highest BCUT2D eigenvalue weighted by atomic mass is 32.2. The zero-order chi connectivity index (χ0) is 13.7. The summed E-state index contributed by atoms with van der Waals surface area (Å²) >= 11 is 1.80. The van der Waals surface area contributed by atoms with E-state index in [9.17, 15) is 9.59 Å². The van der Waals surface area contributed by atoms with Crippen molar-refractivity contribution < 1.29 is 19.8 Å². The summed E-state index contributed by atoms with van der Waals surface area (Å²) in [5.41, 5.74) is 0. The second kappa shape index (κ2) is 6.84. The number of hydrogen-bond donors (Lipinski definition) is 3. The van der Waals surface area contributed by atoms with Gasteiger partial charge in [0.25, 0.3) is 0 Å². The molecule has 1 aliphatic rings. The minimum Gasteiger partial charge on any atom is -0.480 e. The number of carboxylic acids is 1. The summed E-state index contributed by atoms with van der Waals surface area (Å²) in [6.45, 7) is 4.36. The van der Waals surface area contributed by atoms with Crippen LogP contribution in [0.1, 0.15) is 20.3 Å². The molecule has 0 aromatic heterocycles. The molecule has 1 aliphatic heterocycles. The van der Waals surface area contributed by atoms with Crippen molar-refractivity contribution in [3.8, 4) is 0 Å². The lowest BCUT2D eigenvalue weighted by molar-refractivity contribution is -0.139. The molecule has 0 aliphatic carbocycles. The number of thioether (sulfide) groups is 1. The maximum atomic E-state index is 12.0. The van der Waals surface area contributed by atoms with Crippen molar-refractivity contribution in [1.82, 2.24) is 10.2 Å². The molecule has 0 aromatic carbocycles. The van der Waals surface area contributed by atoms with Gasteiger partial charge in [-0.25, -0.2) is 9.59 Å². The summed E-state index contributed by atoms with van der Waals surface area (Å²) in [4.78, 5) is 24.6. The fraction of sp³-hybridized carbons (Fsp3) is 0.818. The predicted molar refractivity (Wildman–Crippen MR) is 69.7 cm³/mol. The number of aliphatic hydroxyl groups is 1. The van der Waals surface area contributed by atoms with Crippen LogP contribution in [0.15, 0.2) is 0 Å². The highest BCUT2D eigenvalue weighted by Crippen LogP contribution is 2.24. The van der Waals surface area contributed by atoms with Crippen LogP contribution < -0.4 is 5.32 Å². The number of amides is 2. The van der Waals surface area contributed by atoms with Crippen LogP contribution in [0.5, 0.6) is 0 Å². The Morgan fingerprint density at radius 3 is 2.72 bits per heavy atom. The van der Waals surface area contributed by atoms with Gasteiger partial charge in [0.2, 0.25) is 0 Å². The molecular weight excluding hydrogens is 256 g/mol. The van der Waals surface area contributed by atoms with Gasteiger partial charge in [0.15, 0.2) is 0 Å². The Balaban J connectivity index is 2.60. The van der Waals surface area contributed by atoms with Crippen LogP contribution >= 0.6 is 11.8 Å². The Hall–Kier alpha value is -0.950. The first kappa shape index (κ1) is 15.1. The summed E-state index contributed by atoms with van der Waals surface area (Å²) in [5, 5.41) is 20.5. The van der Waals surface area contributed by atoms with E-state index in [1.54, 1.807) is 16.7 Å². The molecule has 3 N–H and O–H groups in total. The van der Waals surface area contributed by atoms with Crippen molar-refractivity contribution in [2.24, 2.45) is 0 Å². The molecule has 1 saturated heterocycles. The van der Waals surface area contributed by atoms with E-state index < -0.39 is 12.0 Å². The van der Waals surface area contributed by atoms with Crippen LogP contribution in [0.25, 0.3) is 0 Å². The van der Waals surface area contributed by atoms with Gasteiger partial charge in [-0.05, 0) is 6.92 Å². The van der Waals surface area contributed by atoms with Gasteiger partial charge < -0.3 is 20.4 Å². The van der Waals surface area contributed by atoms with E-state index >= 15 is 0 Å². The summed E-state index contributed by atoms with van der Waals surface area (Å²) in [6, 6.07) is -1.32. The number of hydrogen-bond acceptors (Lipinski definition) is 4. The number of aliphatic hydroxyl groups excluding tert-OH is 1. The van der Waals surface area contributed by atoms with Crippen LogP contribution in [-0.2, 0) is 4.79 Å². The lowest BCUT2D eigenvalue weighted by atomic mass is 10.2. The molecule has 3 unspecified atom stereocenters. The first-order valence-electron chi connectivity index (χ1n) is 5.99. The summed E-state index contributed by atoms with van der Waals surface area (Å²) in [6.07, 6.45) is 0.0214. The van der Waals surface area contributed by atoms with Gasteiger partial charge >= 0.3 is 12.0 Å². The van der Waals surface area contributed by atoms with Gasteiger partial charge in [0.05, 0.1) is 0 Å². The third-order valence-corrected chi connectivity index (χ3v) is 4.50. The Kier molecular flexibility index (Phi) is 5.74. The molecule has 1 fully saturated rings. The van der Waals surface area contributed by atoms with Gasteiger partial charge in [-0.2, -0.15) is 11.8 Å². The summed E-state index contributed by atoms with van der Waals surface area (Å²) in [7, 11) is 0. The third kappa shape index (κ3) is 3.78. The molecule has 7 heteroatoms. The van der Waals surface area contributed by atoms with Crippen molar-refractivity contribution >= 4 is 23.8 Å². The van der Waals surface area contributed by atoms with Gasteiger partial charge in [0, 0.05) is 36.6 Å². The van der Waals surface area contributed by atoms with Crippen LogP contribution in [0.4, 0.5) is 4.79 Å². The van der Waals surface area contributed by atoms with E-state index in [0.717, 1.165) is 5.75 Å². The molecule has 2 amide bonds. The number of urea groups is 1. The SMILES string of the molecule is CC1SCCN(C(=O)NC(CCO)C(=O)O)C1C. The minimum atomic E-state index is -1.12. The first-order chi connectivity index (χ1) is 8.47. The lowest BCUT2D eigenvalue weighted by Crippen LogP contribution is -2.55. The Labute approximate surface area is 111 Å². The molecule has 6 nitrogen and oxygen atoms in total. The molecular formula is C11H20N2O4S. The Morgan fingerprint density at radius 1 is 1.50 bits per heavy atom. The molecule has 1 rings (SSSR count). The van der Waals surface area contributed by atoms with Crippen molar-refractivity contribution in [3.63, 3.8) is 0 Å². The number of aliphatic carboxylic acids is 1. The number of carbonyl (C=O) groups is 2. The van der Waals surface area contributed by atoms with Crippen LogP contribution in [0.2, 0.25) is 0 Å². The van der Waals surface area contributed by atoms with Crippen LogP contribution in [-0.4, -0.2) is 63.4 Å². The number of rotatable bonds is 4. The molecule has 0 radical (unpaired) electrons. The van der Waals surface area contributed by atoms with E-state index in [0.29, 0.717) is 11.8 Å². The third-order valence-electron chi connectivity index (χ3n) is 3.16. The van der Waals surface area contributed by atoms with Gasteiger partial charge in [0.1, 0.15) is 6.04 Å². The number of carbonyl (C=O) groups excluding carboxylic acids is 1. The normalized spacial score (nSPS) is 25.6. The van der Waals surface area contributed by atoms with Gasteiger partial charge in [-0.1, -0.05) is 6.92 Å². The first-order valence-corrected chi connectivity index (χ1v) is 7.04. The topological polar surface area (TPSA) is 89.9 Å². The van der Waals surface area contributed by atoms with E-state index in [1.165, 1.54) is 0 Å². The number of nitrogens with zero attached hydrogens (tertiary/aromatic N) is 1. The van der Waals surface area contributed by atoms with Crippen molar-refractivity contribution in [2.75, 3.05) is 18.9 Å². The predicted octanol–water partition coefficient (Wildman–Crippen LogP) is 0.357. The molecule has 0 bridgehead atoms.